The van der Waals surface area contributed by atoms with Gasteiger partial charge in [0.2, 0.25) is 5.91 Å². The first-order valence-electron chi connectivity index (χ1n) is 7.42. The van der Waals surface area contributed by atoms with Gasteiger partial charge in [-0.05, 0) is 37.1 Å². The molecule has 1 aromatic carbocycles. The quantitative estimate of drug-likeness (QED) is 0.852. The van der Waals surface area contributed by atoms with Gasteiger partial charge >= 0.3 is 0 Å². The van der Waals surface area contributed by atoms with E-state index in [9.17, 15) is 4.79 Å². The van der Waals surface area contributed by atoms with Gasteiger partial charge < -0.3 is 15.5 Å². The molecule has 0 aliphatic carbocycles. The number of nitrogen functional groups attached to an aromatic ring is 1. The predicted octanol–water partition coefficient (Wildman–Crippen LogP) is 1.75. The zero-order valence-electron chi connectivity index (χ0n) is 12.5. The minimum Gasteiger partial charge on any atom is -0.399 e. The maximum atomic E-state index is 12.3. The van der Waals surface area contributed by atoms with Gasteiger partial charge in [0.15, 0.2) is 0 Å². The van der Waals surface area contributed by atoms with Gasteiger partial charge in [0.25, 0.3) is 0 Å². The van der Waals surface area contributed by atoms with Gasteiger partial charge in [0.1, 0.15) is 0 Å². The number of hydrogen-bond donors (Lipinski definition) is 1. The molecule has 1 aliphatic rings. The lowest BCUT2D eigenvalue weighted by Gasteiger charge is -2.36. The first kappa shape index (κ1) is 14.9. The van der Waals surface area contributed by atoms with Crippen LogP contribution < -0.4 is 5.73 Å². The standard InChI is InChI=1S/C16H25N3O/c1-3-19-9-7-15(8-10-19)18(2)16(20)12-13-5-4-6-14(17)11-13/h4-6,11,15H,3,7-10,12,17H2,1-2H3. The van der Waals surface area contributed by atoms with E-state index >= 15 is 0 Å². The van der Waals surface area contributed by atoms with Gasteiger partial charge in [-0.25, -0.2) is 0 Å². The van der Waals surface area contributed by atoms with Crippen molar-refractivity contribution in [2.24, 2.45) is 0 Å². The number of likely N-dealkylation sites (N-methyl/N-ethyl adjacent to an activating group) is 1. The van der Waals surface area contributed by atoms with Crippen LogP contribution in [-0.4, -0.2) is 48.4 Å². The zero-order valence-corrected chi connectivity index (χ0v) is 12.5. The van der Waals surface area contributed by atoms with Crippen LogP contribution in [0.2, 0.25) is 0 Å². The van der Waals surface area contributed by atoms with Crippen molar-refractivity contribution in [2.45, 2.75) is 32.2 Å². The van der Waals surface area contributed by atoms with E-state index in [1.807, 2.05) is 36.2 Å². The Kier molecular flexibility index (Phi) is 5.01. The Morgan fingerprint density at radius 2 is 2.10 bits per heavy atom. The molecule has 2 rings (SSSR count). The normalized spacial score (nSPS) is 17.1. The molecule has 1 fully saturated rings. The summed E-state index contributed by atoms with van der Waals surface area (Å²) < 4.78 is 0. The number of nitrogens with zero attached hydrogens (tertiary/aromatic N) is 2. The molecule has 4 heteroatoms. The average Bonchev–Trinajstić information content (AvgIpc) is 2.46. The second kappa shape index (κ2) is 6.75. The van der Waals surface area contributed by atoms with E-state index in [0.29, 0.717) is 18.2 Å². The molecule has 110 valence electrons. The molecule has 0 radical (unpaired) electrons. The minimum atomic E-state index is 0.186. The lowest BCUT2D eigenvalue weighted by atomic mass is 10.0. The Bertz CT molecular complexity index is 453. The Labute approximate surface area is 121 Å². The number of amides is 1. The predicted molar refractivity (Wildman–Crippen MR) is 82.5 cm³/mol. The number of carbonyl (C=O) groups is 1. The lowest BCUT2D eigenvalue weighted by molar-refractivity contribution is -0.132. The van der Waals surface area contributed by atoms with Crippen LogP contribution in [-0.2, 0) is 11.2 Å². The minimum absolute atomic E-state index is 0.186. The third-order valence-electron chi connectivity index (χ3n) is 4.25. The van der Waals surface area contributed by atoms with Crippen molar-refractivity contribution >= 4 is 11.6 Å². The highest BCUT2D eigenvalue weighted by Crippen LogP contribution is 2.16. The third kappa shape index (κ3) is 3.73. The maximum Gasteiger partial charge on any atom is 0.226 e. The Balaban J connectivity index is 1.89. The Morgan fingerprint density at radius 3 is 2.70 bits per heavy atom. The highest BCUT2D eigenvalue weighted by atomic mass is 16.2. The van der Waals surface area contributed by atoms with Crippen molar-refractivity contribution < 1.29 is 4.79 Å². The molecule has 1 heterocycles. The number of nitrogens with two attached hydrogens (primary N) is 1. The molecule has 0 atom stereocenters. The molecule has 1 aliphatic heterocycles. The summed E-state index contributed by atoms with van der Waals surface area (Å²) >= 11 is 0. The summed E-state index contributed by atoms with van der Waals surface area (Å²) in [6.07, 6.45) is 2.59. The summed E-state index contributed by atoms with van der Waals surface area (Å²) in [7, 11) is 1.93. The number of carbonyl (C=O) groups excluding carboxylic acids is 1. The summed E-state index contributed by atoms with van der Waals surface area (Å²) in [5.74, 6) is 0.186. The largest absolute Gasteiger partial charge is 0.399 e. The van der Waals surface area contributed by atoms with Crippen molar-refractivity contribution in [3.63, 3.8) is 0 Å². The highest BCUT2D eigenvalue weighted by molar-refractivity contribution is 5.79. The summed E-state index contributed by atoms with van der Waals surface area (Å²) in [4.78, 5) is 16.7. The lowest BCUT2D eigenvalue weighted by Crippen LogP contribution is -2.45. The van der Waals surface area contributed by atoms with E-state index in [1.54, 1.807) is 0 Å². The fourth-order valence-electron chi connectivity index (χ4n) is 2.83. The van der Waals surface area contributed by atoms with Crippen molar-refractivity contribution in [1.29, 1.82) is 0 Å². The zero-order chi connectivity index (χ0) is 14.5. The molecule has 4 nitrogen and oxygen atoms in total. The number of benzene rings is 1. The summed E-state index contributed by atoms with van der Waals surface area (Å²) in [5, 5.41) is 0. The fraction of sp³-hybridized carbons (Fsp3) is 0.562. The van der Waals surface area contributed by atoms with Crippen LogP contribution in [0, 0.1) is 0 Å². The number of likely N-dealkylation sites (tertiary alicyclic amines) is 1. The highest BCUT2D eigenvalue weighted by Gasteiger charge is 2.24. The molecular weight excluding hydrogens is 250 g/mol. The summed E-state index contributed by atoms with van der Waals surface area (Å²) in [6, 6.07) is 7.97. The molecule has 0 spiro atoms. The van der Waals surface area contributed by atoms with Gasteiger partial charge in [-0.15, -0.1) is 0 Å². The van der Waals surface area contributed by atoms with E-state index in [0.717, 1.165) is 38.0 Å². The molecule has 1 saturated heterocycles. The molecule has 0 bridgehead atoms. The van der Waals surface area contributed by atoms with Crippen molar-refractivity contribution in [3.8, 4) is 0 Å². The van der Waals surface area contributed by atoms with E-state index in [1.165, 1.54) is 0 Å². The molecule has 0 unspecified atom stereocenters. The first-order chi connectivity index (χ1) is 9.60. The van der Waals surface area contributed by atoms with Crippen LogP contribution in [0.1, 0.15) is 25.3 Å². The van der Waals surface area contributed by atoms with Crippen LogP contribution in [0.5, 0.6) is 0 Å². The van der Waals surface area contributed by atoms with Crippen molar-refractivity contribution in [1.82, 2.24) is 9.80 Å². The Hall–Kier alpha value is -1.55. The van der Waals surface area contributed by atoms with Crippen LogP contribution >= 0.6 is 0 Å². The molecule has 20 heavy (non-hydrogen) atoms. The molecule has 1 amide bonds. The molecule has 0 aromatic heterocycles. The number of piperidine rings is 1. The maximum absolute atomic E-state index is 12.3. The van der Waals surface area contributed by atoms with E-state index in [4.69, 9.17) is 5.73 Å². The summed E-state index contributed by atoms with van der Waals surface area (Å²) in [6.45, 7) is 5.48. The van der Waals surface area contributed by atoms with Crippen molar-refractivity contribution in [3.05, 3.63) is 29.8 Å². The second-order valence-corrected chi connectivity index (χ2v) is 5.59. The van der Waals surface area contributed by atoms with Crippen LogP contribution in [0.4, 0.5) is 5.69 Å². The Morgan fingerprint density at radius 1 is 1.40 bits per heavy atom. The van der Waals surface area contributed by atoms with Gasteiger partial charge in [0.05, 0.1) is 6.42 Å². The topological polar surface area (TPSA) is 49.6 Å². The number of anilines is 1. The third-order valence-corrected chi connectivity index (χ3v) is 4.25. The second-order valence-electron chi connectivity index (χ2n) is 5.59. The molecule has 1 aromatic rings. The van der Waals surface area contributed by atoms with Gasteiger partial charge in [-0.1, -0.05) is 19.1 Å². The van der Waals surface area contributed by atoms with Crippen LogP contribution in [0.25, 0.3) is 0 Å². The molecule has 0 saturated carbocycles. The monoisotopic (exact) mass is 275 g/mol. The number of hydrogen-bond acceptors (Lipinski definition) is 3. The SMILES string of the molecule is CCN1CCC(N(C)C(=O)Cc2cccc(N)c2)CC1. The average molecular weight is 275 g/mol. The van der Waals surface area contributed by atoms with E-state index < -0.39 is 0 Å². The van der Waals surface area contributed by atoms with Crippen LogP contribution in [0.15, 0.2) is 24.3 Å². The van der Waals surface area contributed by atoms with Crippen molar-refractivity contribution in [2.75, 3.05) is 32.4 Å². The van der Waals surface area contributed by atoms with Gasteiger partial charge in [-0.3, -0.25) is 4.79 Å². The van der Waals surface area contributed by atoms with Crippen LogP contribution in [0.3, 0.4) is 0 Å². The first-order valence-corrected chi connectivity index (χ1v) is 7.42. The molecular formula is C16H25N3O. The van der Waals surface area contributed by atoms with Gasteiger partial charge in [-0.2, -0.15) is 0 Å². The van der Waals surface area contributed by atoms with E-state index in [-0.39, 0.29) is 5.91 Å². The van der Waals surface area contributed by atoms with E-state index in [2.05, 4.69) is 11.8 Å². The summed E-state index contributed by atoms with van der Waals surface area (Å²) in [5.41, 5.74) is 7.46. The smallest absolute Gasteiger partial charge is 0.226 e. The number of rotatable bonds is 4. The van der Waals surface area contributed by atoms with Gasteiger partial charge in [0, 0.05) is 31.9 Å². The molecule has 2 N–H and O–H groups in total. The fourth-order valence-corrected chi connectivity index (χ4v) is 2.83.